The van der Waals surface area contributed by atoms with Crippen molar-refractivity contribution in [2.24, 2.45) is 0 Å². The van der Waals surface area contributed by atoms with Crippen molar-refractivity contribution in [1.29, 1.82) is 0 Å². The molecular formula is C11H12O3. The van der Waals surface area contributed by atoms with Crippen molar-refractivity contribution in [1.82, 2.24) is 0 Å². The smallest absolute Gasteiger partial charge is 0.345 e. The molecule has 0 bridgehead atoms. The fourth-order valence-electron chi connectivity index (χ4n) is 0.667. The van der Waals surface area contributed by atoms with Gasteiger partial charge < -0.3 is 4.74 Å². The normalized spacial score (nSPS) is 11.1. The van der Waals surface area contributed by atoms with Gasteiger partial charge in [-0.2, -0.15) is 0 Å². The fourth-order valence-corrected chi connectivity index (χ4v) is 0.667. The molecule has 14 heavy (non-hydrogen) atoms. The Morgan fingerprint density at radius 3 is 2.36 bits per heavy atom. The number of allylic oxidation sites excluding steroid dienone is 3. The van der Waals surface area contributed by atoms with Gasteiger partial charge in [0.1, 0.15) is 0 Å². The van der Waals surface area contributed by atoms with Gasteiger partial charge in [0.05, 0.1) is 5.57 Å². The zero-order valence-corrected chi connectivity index (χ0v) is 8.03. The van der Waals surface area contributed by atoms with E-state index in [-0.39, 0.29) is 5.57 Å². The first-order chi connectivity index (χ1) is 6.65. The number of rotatable bonds is 4. The van der Waals surface area contributed by atoms with Crippen LogP contribution < -0.4 is 0 Å². The summed E-state index contributed by atoms with van der Waals surface area (Å²) in [5.41, 5.74) is 0.192. The van der Waals surface area contributed by atoms with Crippen LogP contribution in [0.3, 0.4) is 0 Å². The molecule has 3 nitrogen and oxygen atoms in total. The molecule has 3 heteroatoms. The van der Waals surface area contributed by atoms with E-state index in [2.05, 4.69) is 17.9 Å². The number of ether oxygens (including phenoxy) is 1. The molecule has 0 aromatic rings. The maximum absolute atomic E-state index is 11.2. The van der Waals surface area contributed by atoms with Crippen LogP contribution in [0.15, 0.2) is 49.1 Å². The molecule has 0 saturated heterocycles. The minimum absolute atomic E-state index is 0.192. The molecule has 0 aliphatic rings. The Morgan fingerprint density at radius 1 is 1.29 bits per heavy atom. The molecule has 0 atom stereocenters. The zero-order valence-electron chi connectivity index (χ0n) is 8.03. The predicted molar refractivity (Wildman–Crippen MR) is 54.4 cm³/mol. The zero-order chi connectivity index (χ0) is 11.0. The highest BCUT2D eigenvalue weighted by molar-refractivity contribution is 6.01. The van der Waals surface area contributed by atoms with Crippen molar-refractivity contribution in [3.05, 3.63) is 49.1 Å². The van der Waals surface area contributed by atoms with Crippen LogP contribution in [0.2, 0.25) is 0 Å². The minimum atomic E-state index is -0.733. The van der Waals surface area contributed by atoms with Crippen LogP contribution in [-0.2, 0) is 14.3 Å². The third-order valence-electron chi connectivity index (χ3n) is 1.25. The van der Waals surface area contributed by atoms with Gasteiger partial charge in [0.25, 0.3) is 0 Å². The molecule has 0 aliphatic carbocycles. The highest BCUT2D eigenvalue weighted by atomic mass is 16.6. The van der Waals surface area contributed by atoms with Gasteiger partial charge in [-0.3, -0.25) is 0 Å². The SMILES string of the molecule is C=C/C=C(\C=C)C(=O)OC(=O)/C=C/C. The van der Waals surface area contributed by atoms with E-state index in [1.807, 2.05) is 0 Å². The lowest BCUT2D eigenvalue weighted by Gasteiger charge is -1.99. The van der Waals surface area contributed by atoms with E-state index < -0.39 is 11.9 Å². The van der Waals surface area contributed by atoms with Crippen molar-refractivity contribution in [2.75, 3.05) is 0 Å². The second kappa shape index (κ2) is 6.60. The summed E-state index contributed by atoms with van der Waals surface area (Å²) < 4.78 is 4.44. The van der Waals surface area contributed by atoms with Gasteiger partial charge in [-0.25, -0.2) is 9.59 Å². The molecule has 0 aromatic carbocycles. The Labute approximate surface area is 83.1 Å². The molecule has 74 valence electrons. The summed E-state index contributed by atoms with van der Waals surface area (Å²) >= 11 is 0. The van der Waals surface area contributed by atoms with E-state index in [1.54, 1.807) is 6.92 Å². The summed E-state index contributed by atoms with van der Waals surface area (Å²) in [6, 6.07) is 0. The maximum Gasteiger partial charge on any atom is 0.345 e. The fraction of sp³-hybridized carbons (Fsp3) is 0.0909. The van der Waals surface area contributed by atoms with Gasteiger partial charge in [0.15, 0.2) is 0 Å². The Bertz CT molecular complexity index is 308. The van der Waals surface area contributed by atoms with E-state index in [0.717, 1.165) is 6.08 Å². The van der Waals surface area contributed by atoms with Crippen LogP contribution in [-0.4, -0.2) is 11.9 Å². The number of hydrogen-bond acceptors (Lipinski definition) is 3. The van der Waals surface area contributed by atoms with Crippen LogP contribution in [0.4, 0.5) is 0 Å². The predicted octanol–water partition coefficient (Wildman–Crippen LogP) is 1.93. The third-order valence-corrected chi connectivity index (χ3v) is 1.25. The van der Waals surface area contributed by atoms with Crippen molar-refractivity contribution in [3.8, 4) is 0 Å². The molecule has 0 rings (SSSR count). The van der Waals surface area contributed by atoms with E-state index in [0.29, 0.717) is 0 Å². The summed E-state index contributed by atoms with van der Waals surface area (Å²) in [7, 11) is 0. The van der Waals surface area contributed by atoms with Crippen LogP contribution in [0.5, 0.6) is 0 Å². The standard InChI is InChI=1S/C11H12O3/c1-4-7-9(6-3)11(13)14-10(12)8-5-2/h4-8H,1,3H2,2H3/b8-5+,9-7+. The molecule has 0 heterocycles. The highest BCUT2D eigenvalue weighted by Gasteiger charge is 2.09. The monoisotopic (exact) mass is 192 g/mol. The van der Waals surface area contributed by atoms with Gasteiger partial charge >= 0.3 is 11.9 Å². The largest absolute Gasteiger partial charge is 0.386 e. The first kappa shape index (κ1) is 12.1. The second-order valence-electron chi connectivity index (χ2n) is 2.27. The number of carbonyl (C=O) groups is 2. The third kappa shape index (κ3) is 4.21. The van der Waals surface area contributed by atoms with Gasteiger partial charge in [-0.1, -0.05) is 31.4 Å². The van der Waals surface area contributed by atoms with Crippen molar-refractivity contribution >= 4 is 11.9 Å². The van der Waals surface area contributed by atoms with Crippen molar-refractivity contribution < 1.29 is 14.3 Å². The first-order valence-corrected chi connectivity index (χ1v) is 3.99. The van der Waals surface area contributed by atoms with Gasteiger partial charge in [-0.15, -0.1) is 0 Å². The molecule has 0 spiro atoms. The molecule has 0 radical (unpaired) electrons. The molecule has 0 N–H and O–H groups in total. The molecule has 0 amide bonds. The first-order valence-electron chi connectivity index (χ1n) is 3.99. The molecule has 0 fully saturated rings. The number of hydrogen-bond donors (Lipinski definition) is 0. The van der Waals surface area contributed by atoms with Gasteiger partial charge in [0, 0.05) is 6.08 Å². The van der Waals surface area contributed by atoms with Crippen LogP contribution in [0.25, 0.3) is 0 Å². The molecular weight excluding hydrogens is 180 g/mol. The second-order valence-corrected chi connectivity index (χ2v) is 2.27. The lowest BCUT2D eigenvalue weighted by atomic mass is 10.2. The van der Waals surface area contributed by atoms with Crippen molar-refractivity contribution in [2.45, 2.75) is 6.92 Å². The summed E-state index contributed by atoms with van der Waals surface area (Å²) in [5, 5.41) is 0. The average Bonchev–Trinajstić information content (AvgIpc) is 2.14. The Balaban J connectivity index is 4.47. The van der Waals surface area contributed by atoms with E-state index in [1.165, 1.54) is 24.3 Å². The maximum atomic E-state index is 11.2. The topological polar surface area (TPSA) is 43.4 Å². The Hall–Kier alpha value is -1.90. The van der Waals surface area contributed by atoms with E-state index in [4.69, 9.17) is 0 Å². The van der Waals surface area contributed by atoms with Crippen LogP contribution >= 0.6 is 0 Å². The number of esters is 2. The van der Waals surface area contributed by atoms with Gasteiger partial charge in [-0.05, 0) is 13.0 Å². The summed E-state index contributed by atoms with van der Waals surface area (Å²) in [5.74, 6) is -1.43. The average molecular weight is 192 g/mol. The van der Waals surface area contributed by atoms with E-state index in [9.17, 15) is 9.59 Å². The molecule has 0 saturated carbocycles. The lowest BCUT2D eigenvalue weighted by Crippen LogP contribution is -2.11. The van der Waals surface area contributed by atoms with Gasteiger partial charge in [0.2, 0.25) is 0 Å². The quantitative estimate of drug-likeness (QED) is 0.296. The molecule has 0 unspecified atom stereocenters. The summed E-state index contributed by atoms with van der Waals surface area (Å²) in [4.78, 5) is 22.0. The highest BCUT2D eigenvalue weighted by Crippen LogP contribution is 2.00. The number of carbonyl (C=O) groups excluding carboxylic acids is 2. The van der Waals surface area contributed by atoms with E-state index >= 15 is 0 Å². The van der Waals surface area contributed by atoms with Crippen LogP contribution in [0.1, 0.15) is 6.92 Å². The summed E-state index contributed by atoms with van der Waals surface area (Å²) in [6.07, 6.45) is 6.77. The molecule has 0 aliphatic heterocycles. The Morgan fingerprint density at radius 2 is 1.93 bits per heavy atom. The molecule has 0 aromatic heterocycles. The van der Waals surface area contributed by atoms with Crippen LogP contribution in [0, 0.1) is 0 Å². The summed E-state index contributed by atoms with van der Waals surface area (Å²) in [6.45, 7) is 8.48. The lowest BCUT2D eigenvalue weighted by molar-refractivity contribution is -0.152. The Kier molecular flexibility index (Phi) is 5.70. The minimum Gasteiger partial charge on any atom is -0.386 e. The van der Waals surface area contributed by atoms with Crippen molar-refractivity contribution in [3.63, 3.8) is 0 Å².